The molecule has 1 aliphatic rings. The highest BCUT2D eigenvalue weighted by molar-refractivity contribution is 5.88. The van der Waals surface area contributed by atoms with Crippen LogP contribution in [0.4, 0.5) is 22.0 Å². The second-order valence-corrected chi connectivity index (χ2v) is 10.1. The molecule has 3 aromatic rings. The molecule has 0 spiro atoms. The minimum absolute atomic E-state index is 0.128. The van der Waals surface area contributed by atoms with E-state index in [1.807, 2.05) is 12.1 Å². The minimum atomic E-state index is -5.00. The maximum atomic E-state index is 15.3. The Bertz CT molecular complexity index is 1160. The number of benzene rings is 3. The number of hydrogen-bond donors (Lipinski definition) is 0. The van der Waals surface area contributed by atoms with Gasteiger partial charge in [0.2, 0.25) is 0 Å². The van der Waals surface area contributed by atoms with E-state index in [-0.39, 0.29) is 11.1 Å². The standard InChI is InChI=1S/C30H33F5O/c1-2-3-4-5-20-6-8-21(9-7-20)10-11-22-12-15-25-23(18-22)13-16-26(29(25)32)24-14-17-28(27(31)19-24)36-30(33,34)35/h12-21H,2-11H2,1H3/t20-,21-. The maximum Gasteiger partial charge on any atom is 0.573 e. The summed E-state index contributed by atoms with van der Waals surface area (Å²) >= 11 is 0. The molecule has 194 valence electrons. The highest BCUT2D eigenvalue weighted by Crippen LogP contribution is 2.36. The monoisotopic (exact) mass is 504 g/mol. The molecule has 36 heavy (non-hydrogen) atoms. The van der Waals surface area contributed by atoms with Crippen LogP contribution in [0.1, 0.15) is 70.3 Å². The van der Waals surface area contributed by atoms with Crippen LogP contribution in [0.3, 0.4) is 0 Å². The van der Waals surface area contributed by atoms with E-state index < -0.39 is 23.7 Å². The second kappa shape index (κ2) is 11.6. The van der Waals surface area contributed by atoms with Gasteiger partial charge in [0, 0.05) is 10.9 Å². The number of unbranched alkanes of at least 4 members (excludes halogenated alkanes) is 2. The van der Waals surface area contributed by atoms with Crippen molar-refractivity contribution in [1.29, 1.82) is 0 Å². The number of ether oxygens (including phenoxy) is 1. The quantitative estimate of drug-likeness (QED) is 0.208. The van der Waals surface area contributed by atoms with Gasteiger partial charge < -0.3 is 4.74 Å². The Morgan fingerprint density at radius 1 is 0.833 bits per heavy atom. The Morgan fingerprint density at radius 2 is 1.56 bits per heavy atom. The van der Waals surface area contributed by atoms with Crippen molar-refractivity contribution in [2.45, 2.75) is 77.5 Å². The molecule has 1 saturated carbocycles. The van der Waals surface area contributed by atoms with Gasteiger partial charge in [-0.3, -0.25) is 0 Å². The number of alkyl halides is 3. The zero-order valence-corrected chi connectivity index (χ0v) is 20.6. The first-order valence-corrected chi connectivity index (χ1v) is 13.0. The van der Waals surface area contributed by atoms with Crippen LogP contribution in [0.25, 0.3) is 21.9 Å². The molecule has 1 aliphatic carbocycles. The molecule has 0 aromatic heterocycles. The Labute approximate surface area is 209 Å². The Hall–Kier alpha value is -2.63. The summed E-state index contributed by atoms with van der Waals surface area (Å²) < 4.78 is 70.3. The van der Waals surface area contributed by atoms with Crippen LogP contribution in [0, 0.1) is 23.5 Å². The number of rotatable bonds is 9. The van der Waals surface area contributed by atoms with E-state index >= 15 is 4.39 Å². The average Bonchev–Trinajstić information content (AvgIpc) is 2.84. The molecule has 1 fully saturated rings. The van der Waals surface area contributed by atoms with Crippen molar-refractivity contribution < 1.29 is 26.7 Å². The van der Waals surface area contributed by atoms with Gasteiger partial charge in [0.15, 0.2) is 11.6 Å². The highest BCUT2D eigenvalue weighted by Gasteiger charge is 2.32. The topological polar surface area (TPSA) is 9.23 Å². The first kappa shape index (κ1) is 26.4. The number of aryl methyl sites for hydroxylation is 1. The van der Waals surface area contributed by atoms with Crippen molar-refractivity contribution in [2.24, 2.45) is 11.8 Å². The largest absolute Gasteiger partial charge is 0.573 e. The zero-order valence-electron chi connectivity index (χ0n) is 20.6. The Kier molecular flexibility index (Phi) is 8.53. The molecule has 0 unspecified atom stereocenters. The fourth-order valence-electron chi connectivity index (χ4n) is 5.46. The van der Waals surface area contributed by atoms with Crippen LogP contribution >= 0.6 is 0 Å². The predicted octanol–water partition coefficient (Wildman–Crippen LogP) is 10.0. The molecule has 0 amide bonds. The maximum absolute atomic E-state index is 15.3. The van der Waals surface area contributed by atoms with Crippen molar-refractivity contribution in [3.63, 3.8) is 0 Å². The van der Waals surface area contributed by atoms with Gasteiger partial charge >= 0.3 is 6.36 Å². The summed E-state index contributed by atoms with van der Waals surface area (Å²) in [6.07, 6.45) is 7.71. The first-order valence-electron chi connectivity index (χ1n) is 13.0. The van der Waals surface area contributed by atoms with Crippen LogP contribution in [0.15, 0.2) is 48.5 Å². The van der Waals surface area contributed by atoms with Gasteiger partial charge in [-0.2, -0.15) is 0 Å². The van der Waals surface area contributed by atoms with Crippen molar-refractivity contribution in [1.82, 2.24) is 0 Å². The fraction of sp³-hybridized carbons (Fsp3) is 0.467. The van der Waals surface area contributed by atoms with Crippen LogP contribution < -0.4 is 4.74 Å². The first-order chi connectivity index (χ1) is 17.2. The van der Waals surface area contributed by atoms with Crippen LogP contribution in [-0.4, -0.2) is 6.36 Å². The molecule has 0 heterocycles. The number of halogens is 5. The van der Waals surface area contributed by atoms with E-state index in [0.29, 0.717) is 5.39 Å². The molecule has 0 radical (unpaired) electrons. The Morgan fingerprint density at radius 3 is 2.22 bits per heavy atom. The van der Waals surface area contributed by atoms with Crippen LogP contribution in [-0.2, 0) is 6.42 Å². The molecule has 0 bridgehead atoms. The summed E-state index contributed by atoms with van der Waals surface area (Å²) in [4.78, 5) is 0. The van der Waals surface area contributed by atoms with Gasteiger partial charge in [-0.05, 0) is 53.3 Å². The van der Waals surface area contributed by atoms with Gasteiger partial charge in [0.25, 0.3) is 0 Å². The second-order valence-electron chi connectivity index (χ2n) is 10.1. The van der Waals surface area contributed by atoms with E-state index in [1.54, 1.807) is 18.2 Å². The normalized spacial score (nSPS) is 18.5. The summed E-state index contributed by atoms with van der Waals surface area (Å²) in [5, 5.41) is 1.16. The smallest absolute Gasteiger partial charge is 0.403 e. The molecule has 0 atom stereocenters. The third kappa shape index (κ3) is 6.77. The van der Waals surface area contributed by atoms with Crippen molar-refractivity contribution >= 4 is 10.8 Å². The Balaban J connectivity index is 1.40. The van der Waals surface area contributed by atoms with Gasteiger partial charge in [-0.15, -0.1) is 13.2 Å². The van der Waals surface area contributed by atoms with Crippen molar-refractivity contribution in [3.05, 3.63) is 65.7 Å². The minimum Gasteiger partial charge on any atom is -0.403 e. The van der Waals surface area contributed by atoms with Gasteiger partial charge in [0.05, 0.1) is 0 Å². The predicted molar refractivity (Wildman–Crippen MR) is 134 cm³/mol. The zero-order chi connectivity index (χ0) is 25.7. The molecular weight excluding hydrogens is 471 g/mol. The lowest BCUT2D eigenvalue weighted by Gasteiger charge is -2.28. The van der Waals surface area contributed by atoms with E-state index in [2.05, 4.69) is 11.7 Å². The average molecular weight is 505 g/mol. The van der Waals surface area contributed by atoms with Gasteiger partial charge in [0.1, 0.15) is 5.82 Å². The van der Waals surface area contributed by atoms with Crippen LogP contribution in [0.5, 0.6) is 5.75 Å². The van der Waals surface area contributed by atoms with E-state index in [4.69, 9.17) is 0 Å². The third-order valence-electron chi connectivity index (χ3n) is 7.51. The van der Waals surface area contributed by atoms with Gasteiger partial charge in [-0.25, -0.2) is 8.78 Å². The number of hydrogen-bond acceptors (Lipinski definition) is 1. The molecule has 3 aromatic carbocycles. The third-order valence-corrected chi connectivity index (χ3v) is 7.51. The van der Waals surface area contributed by atoms with E-state index in [1.165, 1.54) is 63.0 Å². The molecule has 0 aliphatic heterocycles. The summed E-state index contributed by atoms with van der Waals surface area (Å²) in [5.74, 6) is -1.02. The van der Waals surface area contributed by atoms with E-state index in [0.717, 1.165) is 42.2 Å². The lowest BCUT2D eigenvalue weighted by molar-refractivity contribution is -0.275. The van der Waals surface area contributed by atoms with Crippen LogP contribution in [0.2, 0.25) is 0 Å². The molecular formula is C30H33F5O. The summed E-state index contributed by atoms with van der Waals surface area (Å²) in [6.45, 7) is 2.25. The lowest BCUT2D eigenvalue weighted by atomic mass is 9.77. The van der Waals surface area contributed by atoms with Crippen molar-refractivity contribution in [3.8, 4) is 16.9 Å². The summed E-state index contributed by atoms with van der Waals surface area (Å²) in [5.41, 5.74) is 1.44. The van der Waals surface area contributed by atoms with Gasteiger partial charge in [-0.1, -0.05) is 94.7 Å². The molecule has 4 rings (SSSR count). The SMILES string of the molecule is CCCCC[C@H]1CC[C@H](CCc2ccc3c(F)c(-c4ccc(OC(F)(F)F)c(F)c4)ccc3c2)CC1. The molecule has 0 saturated heterocycles. The summed E-state index contributed by atoms with van der Waals surface area (Å²) in [7, 11) is 0. The lowest BCUT2D eigenvalue weighted by Crippen LogP contribution is -2.17. The molecule has 0 N–H and O–H groups in total. The molecule has 6 heteroatoms. The van der Waals surface area contributed by atoms with Crippen molar-refractivity contribution in [2.75, 3.05) is 0 Å². The summed E-state index contributed by atoms with van der Waals surface area (Å²) in [6, 6.07) is 11.9. The van der Waals surface area contributed by atoms with E-state index in [9.17, 15) is 17.6 Å². The number of fused-ring (bicyclic) bond motifs is 1. The highest BCUT2D eigenvalue weighted by atomic mass is 19.4. The molecule has 1 nitrogen and oxygen atoms in total. The fourth-order valence-corrected chi connectivity index (χ4v) is 5.46.